The number of carbonyl (C=O) groups excluding carboxylic acids is 1. The van der Waals surface area contributed by atoms with Gasteiger partial charge < -0.3 is 4.74 Å². The zero-order valence-corrected chi connectivity index (χ0v) is 13.6. The molecule has 0 amide bonds. The van der Waals surface area contributed by atoms with Gasteiger partial charge in [0.05, 0.1) is 6.61 Å². The van der Waals surface area contributed by atoms with Crippen molar-refractivity contribution >= 4 is 28.4 Å². The first-order chi connectivity index (χ1) is 9.69. The second kappa shape index (κ2) is 7.43. The number of hydrogen-bond donors (Lipinski definition) is 0. The first kappa shape index (κ1) is 15.0. The fourth-order valence-corrected chi connectivity index (χ4v) is 2.23. The average Bonchev–Trinajstić information content (AvgIpc) is 2.48. The van der Waals surface area contributed by atoms with E-state index in [0.29, 0.717) is 18.6 Å². The van der Waals surface area contributed by atoms with Crippen LogP contribution in [0.3, 0.4) is 0 Å². The fraction of sp³-hybridized carbons (Fsp3) is 0.235. The molecule has 0 radical (unpaired) electrons. The van der Waals surface area contributed by atoms with Crippen LogP contribution in [-0.4, -0.2) is 12.4 Å². The Morgan fingerprint density at radius 1 is 1.15 bits per heavy atom. The Morgan fingerprint density at radius 3 is 2.60 bits per heavy atom. The van der Waals surface area contributed by atoms with E-state index in [-0.39, 0.29) is 5.78 Å². The molecular weight excluding hydrogens is 363 g/mol. The van der Waals surface area contributed by atoms with E-state index in [4.69, 9.17) is 4.74 Å². The molecule has 0 aliphatic rings. The molecule has 2 nitrogen and oxygen atoms in total. The molecule has 2 aromatic carbocycles. The summed E-state index contributed by atoms with van der Waals surface area (Å²) in [5.74, 6) is 0.883. The second-order valence-electron chi connectivity index (χ2n) is 4.60. The number of rotatable bonds is 6. The minimum Gasteiger partial charge on any atom is -0.494 e. The van der Waals surface area contributed by atoms with E-state index >= 15 is 0 Å². The highest BCUT2D eigenvalue weighted by atomic mass is 127. The van der Waals surface area contributed by atoms with Crippen LogP contribution in [0.25, 0.3) is 0 Å². The molecule has 0 N–H and O–H groups in total. The van der Waals surface area contributed by atoms with E-state index in [9.17, 15) is 4.79 Å². The number of halogens is 1. The Hall–Kier alpha value is -1.36. The molecule has 2 rings (SSSR count). The zero-order chi connectivity index (χ0) is 14.4. The summed E-state index contributed by atoms with van der Waals surface area (Å²) in [6, 6.07) is 15.4. The van der Waals surface area contributed by atoms with Crippen LogP contribution < -0.4 is 4.74 Å². The van der Waals surface area contributed by atoms with E-state index in [1.165, 1.54) is 3.57 Å². The summed E-state index contributed by atoms with van der Waals surface area (Å²) in [7, 11) is 0. The van der Waals surface area contributed by atoms with E-state index in [1.807, 2.05) is 48.5 Å². The minimum atomic E-state index is 0.119. The lowest BCUT2D eigenvalue weighted by Crippen LogP contribution is -2.04. The summed E-state index contributed by atoms with van der Waals surface area (Å²) in [6.07, 6.45) is 1.38. The van der Waals surface area contributed by atoms with Crippen molar-refractivity contribution in [1.29, 1.82) is 0 Å². The normalized spacial score (nSPS) is 10.3. The standard InChI is InChI=1S/C17H17IO2/c1-2-10-20-16-5-3-4-14(12-16)17(19)11-13-6-8-15(18)9-7-13/h3-9,12H,2,10-11H2,1H3. The molecule has 0 aromatic heterocycles. The van der Waals surface area contributed by atoms with E-state index in [0.717, 1.165) is 17.7 Å². The fourth-order valence-electron chi connectivity index (χ4n) is 1.87. The van der Waals surface area contributed by atoms with Gasteiger partial charge in [0.15, 0.2) is 5.78 Å². The lowest BCUT2D eigenvalue weighted by Gasteiger charge is -2.07. The van der Waals surface area contributed by atoms with Gasteiger partial charge in [0.2, 0.25) is 0 Å². The molecule has 3 heteroatoms. The Kier molecular flexibility index (Phi) is 5.59. The van der Waals surface area contributed by atoms with Gasteiger partial charge in [0, 0.05) is 15.6 Å². The maximum atomic E-state index is 12.3. The van der Waals surface area contributed by atoms with Crippen LogP contribution in [0.4, 0.5) is 0 Å². The van der Waals surface area contributed by atoms with E-state index in [2.05, 4.69) is 29.5 Å². The summed E-state index contributed by atoms with van der Waals surface area (Å²) in [6.45, 7) is 2.74. The summed E-state index contributed by atoms with van der Waals surface area (Å²) in [5, 5.41) is 0. The molecule has 0 saturated heterocycles. The lowest BCUT2D eigenvalue weighted by molar-refractivity contribution is 0.0992. The largest absolute Gasteiger partial charge is 0.494 e. The van der Waals surface area contributed by atoms with Crippen molar-refractivity contribution in [2.24, 2.45) is 0 Å². The maximum Gasteiger partial charge on any atom is 0.167 e. The Bertz CT molecular complexity index is 576. The Labute approximate surface area is 133 Å². The third-order valence-corrected chi connectivity index (χ3v) is 3.63. The van der Waals surface area contributed by atoms with Crippen molar-refractivity contribution in [2.75, 3.05) is 6.61 Å². The molecule has 0 fully saturated rings. The van der Waals surface area contributed by atoms with Crippen LogP contribution in [-0.2, 0) is 6.42 Å². The quantitative estimate of drug-likeness (QED) is 0.545. The van der Waals surface area contributed by atoms with Gasteiger partial charge in [0.25, 0.3) is 0 Å². The molecule has 0 unspecified atom stereocenters. The van der Waals surface area contributed by atoms with Gasteiger partial charge in [-0.15, -0.1) is 0 Å². The van der Waals surface area contributed by atoms with Crippen molar-refractivity contribution in [3.63, 3.8) is 0 Å². The average molecular weight is 380 g/mol. The van der Waals surface area contributed by atoms with Crippen LogP contribution in [0.2, 0.25) is 0 Å². The molecule has 0 heterocycles. The van der Waals surface area contributed by atoms with Gasteiger partial charge in [-0.05, 0) is 58.8 Å². The van der Waals surface area contributed by atoms with Crippen LogP contribution in [0, 0.1) is 3.57 Å². The summed E-state index contributed by atoms with van der Waals surface area (Å²) >= 11 is 2.26. The number of carbonyl (C=O) groups is 1. The predicted octanol–water partition coefficient (Wildman–Crippen LogP) is 4.51. The molecule has 0 atom stereocenters. The monoisotopic (exact) mass is 380 g/mol. The first-order valence-electron chi connectivity index (χ1n) is 6.69. The molecule has 0 saturated carbocycles. The van der Waals surface area contributed by atoms with Crippen molar-refractivity contribution in [3.8, 4) is 5.75 Å². The molecule has 2 aromatic rings. The molecule has 104 valence electrons. The van der Waals surface area contributed by atoms with Gasteiger partial charge in [0.1, 0.15) is 5.75 Å². The summed E-state index contributed by atoms with van der Waals surface area (Å²) < 4.78 is 6.73. The maximum absolute atomic E-state index is 12.3. The molecule has 0 bridgehead atoms. The third kappa shape index (κ3) is 4.34. The molecule has 0 aliphatic heterocycles. The number of Topliss-reactive ketones (excluding diaryl/α,β-unsaturated/α-hetero) is 1. The van der Waals surface area contributed by atoms with Gasteiger partial charge in [-0.1, -0.05) is 31.2 Å². The Morgan fingerprint density at radius 2 is 1.90 bits per heavy atom. The van der Waals surface area contributed by atoms with Crippen molar-refractivity contribution in [3.05, 3.63) is 63.2 Å². The van der Waals surface area contributed by atoms with Crippen molar-refractivity contribution < 1.29 is 9.53 Å². The highest BCUT2D eigenvalue weighted by Gasteiger charge is 2.08. The smallest absolute Gasteiger partial charge is 0.167 e. The second-order valence-corrected chi connectivity index (χ2v) is 5.85. The summed E-state index contributed by atoms with van der Waals surface area (Å²) in [4.78, 5) is 12.3. The van der Waals surface area contributed by atoms with Crippen molar-refractivity contribution in [2.45, 2.75) is 19.8 Å². The predicted molar refractivity (Wildman–Crippen MR) is 89.4 cm³/mol. The highest BCUT2D eigenvalue weighted by Crippen LogP contribution is 2.16. The van der Waals surface area contributed by atoms with Crippen molar-refractivity contribution in [1.82, 2.24) is 0 Å². The number of hydrogen-bond acceptors (Lipinski definition) is 2. The number of ketones is 1. The molecule has 0 aliphatic carbocycles. The van der Waals surface area contributed by atoms with Crippen LogP contribution >= 0.6 is 22.6 Å². The number of ether oxygens (including phenoxy) is 1. The van der Waals surface area contributed by atoms with E-state index in [1.54, 1.807) is 0 Å². The number of benzene rings is 2. The first-order valence-corrected chi connectivity index (χ1v) is 7.77. The minimum absolute atomic E-state index is 0.119. The van der Waals surface area contributed by atoms with Crippen LogP contribution in [0.15, 0.2) is 48.5 Å². The topological polar surface area (TPSA) is 26.3 Å². The Balaban J connectivity index is 2.06. The van der Waals surface area contributed by atoms with Crippen LogP contribution in [0.5, 0.6) is 5.75 Å². The SMILES string of the molecule is CCCOc1cccc(C(=O)Cc2ccc(I)cc2)c1. The van der Waals surface area contributed by atoms with E-state index < -0.39 is 0 Å². The molecular formula is C17H17IO2. The van der Waals surface area contributed by atoms with Gasteiger partial charge in [-0.25, -0.2) is 0 Å². The molecule has 20 heavy (non-hydrogen) atoms. The summed E-state index contributed by atoms with van der Waals surface area (Å²) in [5.41, 5.74) is 1.74. The highest BCUT2D eigenvalue weighted by molar-refractivity contribution is 14.1. The van der Waals surface area contributed by atoms with Crippen LogP contribution in [0.1, 0.15) is 29.3 Å². The van der Waals surface area contributed by atoms with Gasteiger partial charge in [-0.2, -0.15) is 0 Å². The zero-order valence-electron chi connectivity index (χ0n) is 11.4. The van der Waals surface area contributed by atoms with Gasteiger partial charge in [-0.3, -0.25) is 4.79 Å². The molecule has 0 spiro atoms. The lowest BCUT2D eigenvalue weighted by atomic mass is 10.0. The van der Waals surface area contributed by atoms with Gasteiger partial charge >= 0.3 is 0 Å². The third-order valence-electron chi connectivity index (χ3n) is 2.91.